The van der Waals surface area contributed by atoms with Crippen LogP contribution in [-0.2, 0) is 4.74 Å². The van der Waals surface area contributed by atoms with Crippen molar-refractivity contribution in [2.45, 2.75) is 47.5 Å². The first-order valence-corrected chi connectivity index (χ1v) is 6.60. The van der Waals surface area contributed by atoms with Gasteiger partial charge < -0.3 is 10.1 Å². The molecule has 1 rings (SSSR count). The third kappa shape index (κ3) is 4.84. The van der Waals surface area contributed by atoms with E-state index >= 15 is 0 Å². The average molecular weight is 227 g/mol. The lowest BCUT2D eigenvalue weighted by Gasteiger charge is -2.37. The Morgan fingerprint density at radius 1 is 1.00 bits per heavy atom. The molecule has 1 saturated heterocycles. The summed E-state index contributed by atoms with van der Waals surface area (Å²) in [5, 5.41) is 3.62. The van der Waals surface area contributed by atoms with Gasteiger partial charge in [-0.1, -0.05) is 34.6 Å². The van der Waals surface area contributed by atoms with E-state index in [0.717, 1.165) is 32.2 Å². The van der Waals surface area contributed by atoms with E-state index in [4.69, 9.17) is 4.74 Å². The highest BCUT2D eigenvalue weighted by molar-refractivity contribution is 4.82. The van der Waals surface area contributed by atoms with Crippen molar-refractivity contribution in [3.63, 3.8) is 0 Å². The van der Waals surface area contributed by atoms with Gasteiger partial charge in [0.05, 0.1) is 0 Å². The Hall–Kier alpha value is -0.0800. The molecular weight excluding hydrogens is 198 g/mol. The van der Waals surface area contributed by atoms with E-state index in [-0.39, 0.29) is 0 Å². The molecule has 1 aliphatic rings. The molecule has 1 heterocycles. The van der Waals surface area contributed by atoms with Crippen LogP contribution in [0.15, 0.2) is 0 Å². The first-order chi connectivity index (χ1) is 7.31. The van der Waals surface area contributed by atoms with Gasteiger partial charge in [-0.05, 0) is 29.6 Å². The number of hydrogen-bond acceptors (Lipinski definition) is 2. The fourth-order valence-electron chi connectivity index (χ4n) is 2.38. The summed E-state index contributed by atoms with van der Waals surface area (Å²) in [7, 11) is 0. The molecule has 0 spiro atoms. The molecule has 0 unspecified atom stereocenters. The molecule has 16 heavy (non-hydrogen) atoms. The van der Waals surface area contributed by atoms with Crippen molar-refractivity contribution >= 4 is 0 Å². The molecule has 2 nitrogen and oxygen atoms in total. The molecule has 0 amide bonds. The standard InChI is InChI=1S/C14H29NO/c1-13(2,3)10-15-11-14(4,5)12-6-8-16-9-7-12/h12,15H,6-11H2,1-5H3. The highest BCUT2D eigenvalue weighted by atomic mass is 16.5. The largest absolute Gasteiger partial charge is 0.381 e. The van der Waals surface area contributed by atoms with Crippen molar-refractivity contribution in [3.05, 3.63) is 0 Å². The van der Waals surface area contributed by atoms with Crippen molar-refractivity contribution in [1.82, 2.24) is 5.32 Å². The second-order valence-electron chi connectivity index (χ2n) is 7.04. The molecule has 0 saturated carbocycles. The molecule has 0 atom stereocenters. The van der Waals surface area contributed by atoms with Crippen LogP contribution in [0.2, 0.25) is 0 Å². The molecule has 2 heteroatoms. The van der Waals surface area contributed by atoms with E-state index in [9.17, 15) is 0 Å². The minimum atomic E-state index is 0.381. The third-order valence-corrected chi connectivity index (χ3v) is 3.56. The Balaban J connectivity index is 2.32. The maximum atomic E-state index is 5.43. The van der Waals surface area contributed by atoms with Crippen molar-refractivity contribution in [3.8, 4) is 0 Å². The monoisotopic (exact) mass is 227 g/mol. The van der Waals surface area contributed by atoms with Crippen LogP contribution < -0.4 is 5.32 Å². The Morgan fingerprint density at radius 2 is 1.56 bits per heavy atom. The first kappa shape index (κ1) is 14.0. The Kier molecular flexibility index (Phi) is 4.81. The zero-order valence-electron chi connectivity index (χ0n) is 11.7. The quantitative estimate of drug-likeness (QED) is 0.797. The number of hydrogen-bond donors (Lipinski definition) is 1. The highest BCUT2D eigenvalue weighted by Crippen LogP contribution is 2.33. The molecule has 96 valence electrons. The summed E-state index contributed by atoms with van der Waals surface area (Å²) >= 11 is 0. The Morgan fingerprint density at radius 3 is 2.06 bits per heavy atom. The summed E-state index contributed by atoms with van der Waals surface area (Å²) in [6.45, 7) is 15.7. The molecule has 0 aromatic heterocycles. The SMILES string of the molecule is CC(C)(C)CNCC(C)(C)C1CCOCC1. The van der Waals surface area contributed by atoms with Gasteiger partial charge in [-0.3, -0.25) is 0 Å². The lowest BCUT2D eigenvalue weighted by atomic mass is 9.74. The lowest BCUT2D eigenvalue weighted by molar-refractivity contribution is 0.0222. The fourth-order valence-corrected chi connectivity index (χ4v) is 2.38. The van der Waals surface area contributed by atoms with Crippen molar-refractivity contribution in [1.29, 1.82) is 0 Å². The Labute approximate surface area is 101 Å². The summed E-state index contributed by atoms with van der Waals surface area (Å²) in [5.74, 6) is 0.814. The number of ether oxygens (including phenoxy) is 1. The summed E-state index contributed by atoms with van der Waals surface area (Å²) in [4.78, 5) is 0. The van der Waals surface area contributed by atoms with E-state index < -0.39 is 0 Å². The van der Waals surface area contributed by atoms with Crippen LogP contribution in [0.3, 0.4) is 0 Å². The van der Waals surface area contributed by atoms with Gasteiger partial charge in [-0.2, -0.15) is 0 Å². The van der Waals surface area contributed by atoms with Gasteiger partial charge in [0.2, 0.25) is 0 Å². The first-order valence-electron chi connectivity index (χ1n) is 6.60. The van der Waals surface area contributed by atoms with Gasteiger partial charge in [-0.15, -0.1) is 0 Å². The lowest BCUT2D eigenvalue weighted by Crippen LogP contribution is -2.40. The van der Waals surface area contributed by atoms with Crippen LogP contribution >= 0.6 is 0 Å². The fraction of sp³-hybridized carbons (Fsp3) is 1.00. The van der Waals surface area contributed by atoms with Gasteiger partial charge >= 0.3 is 0 Å². The molecular formula is C14H29NO. The van der Waals surface area contributed by atoms with Gasteiger partial charge in [0.15, 0.2) is 0 Å². The molecule has 0 bridgehead atoms. The molecule has 0 aromatic rings. The topological polar surface area (TPSA) is 21.3 Å². The van der Waals surface area contributed by atoms with Crippen LogP contribution in [-0.4, -0.2) is 26.3 Å². The summed E-state index contributed by atoms with van der Waals surface area (Å²) in [6.07, 6.45) is 2.45. The van der Waals surface area contributed by atoms with Gasteiger partial charge in [0.1, 0.15) is 0 Å². The van der Waals surface area contributed by atoms with Crippen molar-refractivity contribution in [2.75, 3.05) is 26.3 Å². The number of nitrogens with one attached hydrogen (secondary N) is 1. The molecule has 1 fully saturated rings. The Bertz CT molecular complexity index is 199. The summed E-state index contributed by atoms with van der Waals surface area (Å²) < 4.78 is 5.43. The average Bonchev–Trinajstić information content (AvgIpc) is 2.17. The molecule has 0 radical (unpaired) electrons. The second kappa shape index (κ2) is 5.50. The van der Waals surface area contributed by atoms with E-state index in [0.29, 0.717) is 10.8 Å². The van der Waals surface area contributed by atoms with Gasteiger partial charge in [-0.25, -0.2) is 0 Å². The van der Waals surface area contributed by atoms with Crippen LogP contribution in [0.25, 0.3) is 0 Å². The maximum absolute atomic E-state index is 5.43. The van der Waals surface area contributed by atoms with E-state index in [1.165, 1.54) is 12.8 Å². The van der Waals surface area contributed by atoms with Crippen LogP contribution in [0, 0.1) is 16.7 Å². The second-order valence-corrected chi connectivity index (χ2v) is 7.04. The minimum absolute atomic E-state index is 0.381. The molecule has 1 aliphatic heterocycles. The minimum Gasteiger partial charge on any atom is -0.381 e. The molecule has 0 aliphatic carbocycles. The van der Waals surface area contributed by atoms with Gasteiger partial charge in [0, 0.05) is 26.3 Å². The zero-order chi connectivity index (χ0) is 12.2. The van der Waals surface area contributed by atoms with Crippen LogP contribution in [0.4, 0.5) is 0 Å². The highest BCUT2D eigenvalue weighted by Gasteiger charge is 2.30. The van der Waals surface area contributed by atoms with E-state index in [1.807, 2.05) is 0 Å². The third-order valence-electron chi connectivity index (χ3n) is 3.56. The van der Waals surface area contributed by atoms with Crippen molar-refractivity contribution < 1.29 is 4.74 Å². The molecule has 1 N–H and O–H groups in total. The number of rotatable bonds is 4. The van der Waals surface area contributed by atoms with Crippen LogP contribution in [0.1, 0.15) is 47.5 Å². The predicted octanol–water partition coefficient (Wildman–Crippen LogP) is 3.07. The van der Waals surface area contributed by atoms with Gasteiger partial charge in [0.25, 0.3) is 0 Å². The molecule has 0 aromatic carbocycles. The zero-order valence-corrected chi connectivity index (χ0v) is 11.7. The predicted molar refractivity (Wildman–Crippen MR) is 69.6 cm³/mol. The summed E-state index contributed by atoms with van der Waals surface area (Å²) in [6, 6.07) is 0. The van der Waals surface area contributed by atoms with Crippen LogP contribution in [0.5, 0.6) is 0 Å². The van der Waals surface area contributed by atoms with Crippen molar-refractivity contribution in [2.24, 2.45) is 16.7 Å². The van der Waals surface area contributed by atoms with E-state index in [1.54, 1.807) is 0 Å². The maximum Gasteiger partial charge on any atom is 0.0468 e. The smallest absolute Gasteiger partial charge is 0.0468 e. The normalized spacial score (nSPS) is 20.1. The summed E-state index contributed by atoms with van der Waals surface area (Å²) in [5.41, 5.74) is 0.779. The van der Waals surface area contributed by atoms with E-state index in [2.05, 4.69) is 39.9 Å².